The van der Waals surface area contributed by atoms with Gasteiger partial charge in [-0.15, -0.1) is 0 Å². The summed E-state index contributed by atoms with van der Waals surface area (Å²) in [4.78, 5) is 25.6. The number of carbonyl (C=O) groups is 2. The third-order valence-corrected chi connectivity index (χ3v) is 3.33. The molecule has 1 aliphatic carbocycles. The molecule has 0 unspecified atom stereocenters. The number of aromatic hydroxyl groups is 1. The number of nitrogens with zero attached hydrogens (tertiary/aromatic N) is 1. The van der Waals surface area contributed by atoms with Crippen molar-refractivity contribution in [1.82, 2.24) is 5.32 Å². The van der Waals surface area contributed by atoms with Gasteiger partial charge in [0.15, 0.2) is 0 Å². The maximum absolute atomic E-state index is 10.7. The molecule has 0 radical (unpaired) electrons. The second-order valence-corrected chi connectivity index (χ2v) is 5.02. The van der Waals surface area contributed by atoms with E-state index in [1.807, 2.05) is 0 Å². The zero-order valence-corrected chi connectivity index (χ0v) is 13.1. The van der Waals surface area contributed by atoms with Crippen LogP contribution in [0.15, 0.2) is 29.4 Å². The zero-order chi connectivity index (χ0) is 16.5. The molecule has 0 atom stereocenters. The molecular formula is C16H22N2O4. The minimum atomic E-state index is -0.486. The van der Waals surface area contributed by atoms with Crippen LogP contribution >= 0.6 is 0 Å². The van der Waals surface area contributed by atoms with Crippen LogP contribution in [0.5, 0.6) is 5.75 Å². The van der Waals surface area contributed by atoms with Gasteiger partial charge in [0.1, 0.15) is 5.75 Å². The molecule has 0 heterocycles. The van der Waals surface area contributed by atoms with E-state index in [4.69, 9.17) is 0 Å². The number of carbonyl (C=O) groups excluding carboxylic acids is 2. The molecule has 6 heteroatoms. The van der Waals surface area contributed by atoms with Gasteiger partial charge in [0.05, 0.1) is 5.71 Å². The van der Waals surface area contributed by atoms with Crippen LogP contribution in [0.2, 0.25) is 0 Å². The number of hydrogen-bond donors (Lipinski definition) is 2. The normalized spacial score (nSPS) is 14.2. The highest BCUT2D eigenvalue weighted by Gasteiger charge is 2.23. The number of phenolic OH excluding ortho intramolecular Hbond substituents is 1. The average molecular weight is 306 g/mol. The number of phenols is 1. The van der Waals surface area contributed by atoms with Crippen molar-refractivity contribution < 1.29 is 19.5 Å². The predicted octanol–water partition coefficient (Wildman–Crippen LogP) is 2.21. The largest absolute Gasteiger partial charge is 0.507 e. The molecule has 1 fully saturated rings. The highest BCUT2D eigenvalue weighted by atomic mass is 16.7. The molecule has 0 aliphatic heterocycles. The number of nitrogens with one attached hydrogen (secondary N) is 1. The topological polar surface area (TPSA) is 88.0 Å². The fraction of sp³-hybridized carbons (Fsp3) is 0.438. The third-order valence-electron chi connectivity index (χ3n) is 3.33. The average Bonchev–Trinajstić information content (AvgIpc) is 2.44. The van der Waals surface area contributed by atoms with E-state index in [2.05, 4.69) is 15.3 Å². The Morgan fingerprint density at radius 1 is 1.27 bits per heavy atom. The number of hydrogen-bond acceptors (Lipinski definition) is 5. The van der Waals surface area contributed by atoms with Gasteiger partial charge in [-0.05, 0) is 31.9 Å². The number of amides is 1. The fourth-order valence-corrected chi connectivity index (χ4v) is 1.84. The van der Waals surface area contributed by atoms with Crippen molar-refractivity contribution in [3.63, 3.8) is 0 Å². The standard InChI is InChI=1S/C10H11NO3.C6H11NO/c1-7(11-14-8(2)12)9-5-3-4-6-10(9)13;1-7-6(8)5-3-2-4-5/h3-6,13H,1-2H3;5H,2-4H2,1H3,(H,7,8)/b11-7+;. The minimum absolute atomic E-state index is 0.112. The second kappa shape index (κ2) is 8.81. The molecule has 120 valence electrons. The number of para-hydroxylation sites is 1. The van der Waals surface area contributed by atoms with Crippen molar-refractivity contribution in [2.24, 2.45) is 11.1 Å². The maximum Gasteiger partial charge on any atom is 0.331 e. The molecule has 1 amide bonds. The van der Waals surface area contributed by atoms with E-state index in [0.29, 0.717) is 17.2 Å². The summed E-state index contributed by atoms with van der Waals surface area (Å²) >= 11 is 0. The summed E-state index contributed by atoms with van der Waals surface area (Å²) in [6.07, 6.45) is 3.43. The minimum Gasteiger partial charge on any atom is -0.507 e. The lowest BCUT2D eigenvalue weighted by atomic mass is 9.85. The van der Waals surface area contributed by atoms with E-state index in [1.165, 1.54) is 13.3 Å². The Hall–Kier alpha value is -2.37. The van der Waals surface area contributed by atoms with Gasteiger partial charge >= 0.3 is 5.97 Å². The predicted molar refractivity (Wildman–Crippen MR) is 83.5 cm³/mol. The molecule has 2 rings (SSSR count). The molecule has 0 saturated heterocycles. The zero-order valence-electron chi connectivity index (χ0n) is 13.1. The van der Waals surface area contributed by atoms with Crippen LogP contribution in [0, 0.1) is 5.92 Å². The first-order valence-corrected chi connectivity index (χ1v) is 7.17. The molecule has 2 N–H and O–H groups in total. The first kappa shape index (κ1) is 17.7. The van der Waals surface area contributed by atoms with E-state index in [-0.39, 0.29) is 11.7 Å². The van der Waals surface area contributed by atoms with Crippen LogP contribution in [0.1, 0.15) is 38.7 Å². The van der Waals surface area contributed by atoms with Crippen LogP contribution < -0.4 is 5.32 Å². The molecule has 22 heavy (non-hydrogen) atoms. The van der Waals surface area contributed by atoms with Gasteiger partial charge < -0.3 is 15.3 Å². The lowest BCUT2D eigenvalue weighted by molar-refractivity contribution is -0.141. The van der Waals surface area contributed by atoms with Crippen LogP contribution in [0.4, 0.5) is 0 Å². The van der Waals surface area contributed by atoms with Gasteiger partial charge in [-0.25, -0.2) is 4.79 Å². The molecular weight excluding hydrogens is 284 g/mol. The molecule has 0 aromatic heterocycles. The Labute approximate surface area is 130 Å². The summed E-state index contributed by atoms with van der Waals surface area (Å²) in [5.41, 5.74) is 1.01. The van der Waals surface area contributed by atoms with Crippen molar-refractivity contribution in [3.8, 4) is 5.75 Å². The van der Waals surface area contributed by atoms with Crippen LogP contribution in [0.25, 0.3) is 0 Å². The summed E-state index contributed by atoms with van der Waals surface area (Å²) in [6, 6.07) is 6.71. The van der Waals surface area contributed by atoms with Crippen molar-refractivity contribution >= 4 is 17.6 Å². The molecule has 1 aromatic carbocycles. The number of oxime groups is 1. The molecule has 1 saturated carbocycles. The highest BCUT2D eigenvalue weighted by Crippen LogP contribution is 2.25. The molecule has 1 aliphatic rings. The Kier molecular flexibility index (Phi) is 7.08. The highest BCUT2D eigenvalue weighted by molar-refractivity contribution is 6.00. The van der Waals surface area contributed by atoms with Crippen molar-refractivity contribution in [1.29, 1.82) is 0 Å². The Balaban J connectivity index is 0.000000255. The molecule has 0 bridgehead atoms. The molecule has 1 aromatic rings. The summed E-state index contributed by atoms with van der Waals surface area (Å²) < 4.78 is 0. The Morgan fingerprint density at radius 3 is 2.32 bits per heavy atom. The van der Waals surface area contributed by atoms with E-state index >= 15 is 0 Å². The molecule has 0 spiro atoms. The van der Waals surface area contributed by atoms with Gasteiger partial charge in [-0.3, -0.25) is 4.79 Å². The number of benzene rings is 1. The first-order chi connectivity index (χ1) is 10.5. The van der Waals surface area contributed by atoms with E-state index in [0.717, 1.165) is 12.8 Å². The van der Waals surface area contributed by atoms with E-state index in [9.17, 15) is 14.7 Å². The van der Waals surface area contributed by atoms with Crippen LogP contribution in [-0.4, -0.2) is 29.7 Å². The second-order valence-electron chi connectivity index (χ2n) is 5.02. The van der Waals surface area contributed by atoms with Gasteiger partial charge in [0, 0.05) is 25.5 Å². The summed E-state index contributed by atoms with van der Waals surface area (Å²) in [6.45, 7) is 2.92. The Morgan fingerprint density at radius 2 is 1.91 bits per heavy atom. The van der Waals surface area contributed by atoms with Crippen LogP contribution in [0.3, 0.4) is 0 Å². The van der Waals surface area contributed by atoms with E-state index < -0.39 is 5.97 Å². The van der Waals surface area contributed by atoms with Gasteiger partial charge in [0.2, 0.25) is 5.91 Å². The van der Waals surface area contributed by atoms with Gasteiger partial charge in [0.25, 0.3) is 0 Å². The number of rotatable bonds is 3. The van der Waals surface area contributed by atoms with Gasteiger partial charge in [-0.2, -0.15) is 0 Å². The summed E-state index contributed by atoms with van der Waals surface area (Å²) in [5.74, 6) is 0.192. The van der Waals surface area contributed by atoms with E-state index in [1.54, 1.807) is 38.2 Å². The van der Waals surface area contributed by atoms with Gasteiger partial charge in [-0.1, -0.05) is 23.7 Å². The fourth-order valence-electron chi connectivity index (χ4n) is 1.84. The van der Waals surface area contributed by atoms with Crippen molar-refractivity contribution in [2.75, 3.05) is 7.05 Å². The maximum atomic E-state index is 10.7. The third kappa shape index (κ3) is 5.55. The first-order valence-electron chi connectivity index (χ1n) is 7.17. The van der Waals surface area contributed by atoms with Crippen molar-refractivity contribution in [3.05, 3.63) is 29.8 Å². The summed E-state index contributed by atoms with van der Waals surface area (Å²) in [5, 5.41) is 15.6. The lowest BCUT2D eigenvalue weighted by Gasteiger charge is -2.22. The smallest absolute Gasteiger partial charge is 0.331 e. The summed E-state index contributed by atoms with van der Waals surface area (Å²) in [7, 11) is 1.70. The monoisotopic (exact) mass is 306 g/mol. The van der Waals surface area contributed by atoms with Crippen LogP contribution in [-0.2, 0) is 14.4 Å². The SMILES string of the molecule is CC(=O)O/N=C(\C)c1ccccc1O.CNC(=O)C1CCC1. The molecule has 6 nitrogen and oxygen atoms in total. The lowest BCUT2D eigenvalue weighted by Crippen LogP contribution is -2.31. The van der Waals surface area contributed by atoms with Crippen molar-refractivity contribution in [2.45, 2.75) is 33.1 Å². The quantitative estimate of drug-likeness (QED) is 0.509. The Bertz CT molecular complexity index is 551.